The van der Waals surface area contributed by atoms with Crippen LogP contribution in [0, 0.1) is 0 Å². The molecule has 0 radical (unpaired) electrons. The van der Waals surface area contributed by atoms with Gasteiger partial charge in [0.05, 0.1) is 9.79 Å². The summed E-state index contributed by atoms with van der Waals surface area (Å²) in [5, 5.41) is 3.64. The van der Waals surface area contributed by atoms with Crippen LogP contribution in [0.15, 0.2) is 94.7 Å². The Balaban J connectivity index is 1.40. The van der Waals surface area contributed by atoms with Crippen molar-refractivity contribution in [3.63, 3.8) is 0 Å². The molecule has 170 valence electrons. The van der Waals surface area contributed by atoms with Crippen molar-refractivity contribution >= 4 is 41.6 Å². The second kappa shape index (κ2) is 8.22. The van der Waals surface area contributed by atoms with Crippen molar-refractivity contribution < 1.29 is 16.8 Å². The average molecular weight is 481 g/mol. The van der Waals surface area contributed by atoms with Crippen LogP contribution in [0.5, 0.6) is 0 Å². The van der Waals surface area contributed by atoms with E-state index in [-0.39, 0.29) is 29.4 Å². The smallest absolute Gasteiger partial charge is 0.207 e. The molecule has 1 aliphatic rings. The highest BCUT2D eigenvalue weighted by molar-refractivity contribution is 7.89. The van der Waals surface area contributed by atoms with E-state index in [2.05, 4.69) is 0 Å². The molecular weight excluding hydrogens is 456 g/mol. The highest BCUT2D eigenvalue weighted by Gasteiger charge is 2.38. The van der Waals surface area contributed by atoms with Crippen LogP contribution in [0.25, 0.3) is 21.5 Å². The lowest BCUT2D eigenvalue weighted by atomic mass is 10.1. The third-order valence-electron chi connectivity index (χ3n) is 6.22. The normalized spacial score (nSPS) is 18.6. The van der Waals surface area contributed by atoms with Crippen LogP contribution in [-0.4, -0.2) is 51.1 Å². The number of nitrogens with zero attached hydrogens (tertiary/aromatic N) is 2. The largest absolute Gasteiger partial charge is 0.243 e. The Kier molecular flexibility index (Phi) is 5.49. The first-order valence-corrected chi connectivity index (χ1v) is 13.6. The lowest BCUT2D eigenvalue weighted by Gasteiger charge is -2.38. The lowest BCUT2D eigenvalue weighted by molar-refractivity contribution is 0.212. The molecule has 1 saturated heterocycles. The molecule has 5 rings (SSSR count). The molecule has 33 heavy (non-hydrogen) atoms. The van der Waals surface area contributed by atoms with E-state index in [9.17, 15) is 16.8 Å². The van der Waals surface area contributed by atoms with Crippen LogP contribution in [0.2, 0.25) is 0 Å². The summed E-state index contributed by atoms with van der Waals surface area (Å²) in [7, 11) is -7.49. The van der Waals surface area contributed by atoms with Crippen LogP contribution in [0.4, 0.5) is 0 Å². The number of benzene rings is 4. The second-order valence-corrected chi connectivity index (χ2v) is 12.2. The molecule has 0 N–H and O–H groups in total. The van der Waals surface area contributed by atoms with Crippen molar-refractivity contribution in [2.24, 2.45) is 0 Å². The number of piperazine rings is 1. The molecule has 0 amide bonds. The molecule has 1 unspecified atom stereocenters. The third-order valence-corrected chi connectivity index (χ3v) is 10.1. The number of hydrogen-bond donors (Lipinski definition) is 0. The summed E-state index contributed by atoms with van der Waals surface area (Å²) in [6.07, 6.45) is 0. The lowest BCUT2D eigenvalue weighted by Crippen LogP contribution is -2.55. The molecule has 4 aromatic carbocycles. The van der Waals surface area contributed by atoms with Gasteiger partial charge in [0.1, 0.15) is 0 Å². The molecule has 0 spiro atoms. The van der Waals surface area contributed by atoms with Crippen molar-refractivity contribution in [1.29, 1.82) is 0 Å². The van der Waals surface area contributed by atoms with Crippen molar-refractivity contribution in [3.8, 4) is 0 Å². The predicted octanol–water partition coefficient (Wildman–Crippen LogP) is 4.08. The van der Waals surface area contributed by atoms with Crippen LogP contribution >= 0.6 is 0 Å². The standard InChI is InChI=1S/C25H24N2O4S2/c1-19-18-26(32(28,29)24-12-10-20-6-2-4-8-22(20)16-24)14-15-27(19)33(30,31)25-13-11-21-7-3-5-9-23(21)17-25/h2-13,16-17,19H,14-15,18H2,1H3. The Morgan fingerprint density at radius 3 is 1.64 bits per heavy atom. The van der Waals surface area contributed by atoms with Gasteiger partial charge in [-0.25, -0.2) is 16.8 Å². The van der Waals surface area contributed by atoms with E-state index in [1.54, 1.807) is 43.3 Å². The average Bonchev–Trinajstić information content (AvgIpc) is 2.83. The summed E-state index contributed by atoms with van der Waals surface area (Å²) in [5.74, 6) is 0. The number of sulfonamides is 2. The molecular formula is C25H24N2O4S2. The Hall–Kier alpha value is -2.78. The first-order valence-electron chi connectivity index (χ1n) is 10.8. The highest BCUT2D eigenvalue weighted by atomic mass is 32.2. The van der Waals surface area contributed by atoms with Crippen LogP contribution in [0.3, 0.4) is 0 Å². The van der Waals surface area contributed by atoms with Crippen molar-refractivity contribution in [2.75, 3.05) is 19.6 Å². The number of rotatable bonds is 4. The molecule has 1 atom stereocenters. The summed E-state index contributed by atoms with van der Waals surface area (Å²) in [6.45, 7) is 2.05. The molecule has 6 nitrogen and oxygen atoms in total. The molecule has 0 bridgehead atoms. The SMILES string of the molecule is CC1CN(S(=O)(=O)c2ccc3ccccc3c2)CCN1S(=O)(=O)c1ccc2ccccc2c1. The topological polar surface area (TPSA) is 74.8 Å². The van der Waals surface area contributed by atoms with Gasteiger partial charge in [-0.05, 0) is 52.7 Å². The quantitative estimate of drug-likeness (QED) is 0.441. The van der Waals surface area contributed by atoms with E-state index in [0.717, 1.165) is 21.5 Å². The predicted molar refractivity (Wildman–Crippen MR) is 130 cm³/mol. The van der Waals surface area contributed by atoms with Gasteiger partial charge < -0.3 is 0 Å². The fourth-order valence-corrected chi connectivity index (χ4v) is 7.62. The van der Waals surface area contributed by atoms with Gasteiger partial charge in [-0.2, -0.15) is 8.61 Å². The molecule has 8 heteroatoms. The minimum Gasteiger partial charge on any atom is -0.207 e. The minimum atomic E-state index is -3.75. The van der Waals surface area contributed by atoms with E-state index in [4.69, 9.17) is 0 Å². The van der Waals surface area contributed by atoms with Gasteiger partial charge in [-0.15, -0.1) is 0 Å². The van der Waals surface area contributed by atoms with Gasteiger partial charge in [0, 0.05) is 25.7 Å². The summed E-state index contributed by atoms with van der Waals surface area (Å²) in [5.41, 5.74) is 0. The van der Waals surface area contributed by atoms with E-state index in [1.807, 2.05) is 48.5 Å². The van der Waals surface area contributed by atoms with Crippen molar-refractivity contribution in [1.82, 2.24) is 8.61 Å². The van der Waals surface area contributed by atoms with Gasteiger partial charge in [-0.1, -0.05) is 60.7 Å². The van der Waals surface area contributed by atoms with Gasteiger partial charge in [-0.3, -0.25) is 0 Å². The summed E-state index contributed by atoms with van der Waals surface area (Å²) >= 11 is 0. The fraction of sp³-hybridized carbons (Fsp3) is 0.200. The maximum atomic E-state index is 13.4. The van der Waals surface area contributed by atoms with Crippen LogP contribution in [-0.2, 0) is 20.0 Å². The first kappa shape index (κ1) is 22.0. The van der Waals surface area contributed by atoms with Gasteiger partial charge in [0.25, 0.3) is 0 Å². The van der Waals surface area contributed by atoms with E-state index in [1.165, 1.54) is 8.61 Å². The maximum absolute atomic E-state index is 13.4. The van der Waals surface area contributed by atoms with Gasteiger partial charge in [0.2, 0.25) is 20.0 Å². The molecule has 4 aromatic rings. The summed E-state index contributed by atoms with van der Waals surface area (Å²) in [4.78, 5) is 0.443. The first-order chi connectivity index (χ1) is 15.8. The molecule has 1 heterocycles. The van der Waals surface area contributed by atoms with Crippen molar-refractivity contribution in [3.05, 3.63) is 84.9 Å². The molecule has 1 aliphatic heterocycles. The summed E-state index contributed by atoms with van der Waals surface area (Å²) in [6, 6.07) is 24.9. The Morgan fingerprint density at radius 1 is 0.636 bits per heavy atom. The second-order valence-electron chi connectivity index (χ2n) is 8.35. The molecule has 0 saturated carbocycles. The Bertz CT molecular complexity index is 1570. The van der Waals surface area contributed by atoms with E-state index >= 15 is 0 Å². The zero-order valence-electron chi connectivity index (χ0n) is 18.1. The minimum absolute atomic E-state index is 0.0992. The third kappa shape index (κ3) is 3.93. The fourth-order valence-electron chi connectivity index (χ4n) is 4.42. The highest BCUT2D eigenvalue weighted by Crippen LogP contribution is 2.28. The van der Waals surface area contributed by atoms with Gasteiger partial charge >= 0.3 is 0 Å². The monoisotopic (exact) mass is 480 g/mol. The summed E-state index contributed by atoms with van der Waals surface area (Å²) < 4.78 is 56.1. The van der Waals surface area contributed by atoms with Crippen LogP contribution in [0.1, 0.15) is 6.92 Å². The van der Waals surface area contributed by atoms with Crippen molar-refractivity contribution in [2.45, 2.75) is 22.8 Å². The zero-order valence-corrected chi connectivity index (χ0v) is 19.8. The Morgan fingerprint density at radius 2 is 1.12 bits per heavy atom. The van der Waals surface area contributed by atoms with Crippen LogP contribution < -0.4 is 0 Å². The number of fused-ring (bicyclic) bond motifs is 2. The zero-order chi connectivity index (χ0) is 23.2. The maximum Gasteiger partial charge on any atom is 0.243 e. The Labute approximate surface area is 194 Å². The van der Waals surface area contributed by atoms with Gasteiger partial charge in [0.15, 0.2) is 0 Å². The molecule has 0 aromatic heterocycles. The van der Waals surface area contributed by atoms with E-state index < -0.39 is 26.1 Å². The molecule has 0 aliphatic carbocycles. The molecule has 1 fully saturated rings. The number of hydrogen-bond acceptors (Lipinski definition) is 4. The van der Waals surface area contributed by atoms with E-state index in [0.29, 0.717) is 0 Å².